The van der Waals surface area contributed by atoms with Crippen LogP contribution in [0.2, 0.25) is 0 Å². The lowest BCUT2D eigenvalue weighted by molar-refractivity contribution is 0.261. The predicted octanol–water partition coefficient (Wildman–Crippen LogP) is 4.87. The maximum absolute atomic E-state index is 4.34. The molecule has 3 rings (SSSR count). The second-order valence-corrected chi connectivity index (χ2v) is 9.11. The molecule has 0 aliphatic heterocycles. The van der Waals surface area contributed by atoms with E-state index in [1.54, 1.807) is 23.1 Å². The Balaban J connectivity index is 1.67. The van der Waals surface area contributed by atoms with Crippen molar-refractivity contribution in [2.45, 2.75) is 30.8 Å². The highest BCUT2D eigenvalue weighted by Crippen LogP contribution is 2.23. The Bertz CT molecular complexity index is 752. The molecule has 0 unspecified atom stereocenters. The number of nitrogens with zero attached hydrogens (tertiary/aromatic N) is 3. The zero-order chi connectivity index (χ0) is 16.8. The second kappa shape index (κ2) is 8.76. The molecule has 0 aliphatic carbocycles. The highest BCUT2D eigenvalue weighted by Gasteiger charge is 2.12. The third kappa shape index (κ3) is 5.14. The van der Waals surface area contributed by atoms with Crippen LogP contribution >= 0.6 is 34.4 Å². The fourth-order valence-corrected chi connectivity index (χ4v) is 4.80. The van der Waals surface area contributed by atoms with Crippen molar-refractivity contribution in [1.29, 1.82) is 0 Å². The molecule has 0 amide bonds. The zero-order valence-electron chi connectivity index (χ0n) is 13.9. The molecule has 0 radical (unpaired) electrons. The summed E-state index contributed by atoms with van der Waals surface area (Å²) in [6.07, 6.45) is 3.10. The van der Waals surface area contributed by atoms with E-state index >= 15 is 0 Å². The molecule has 0 N–H and O–H groups in total. The van der Waals surface area contributed by atoms with E-state index in [4.69, 9.17) is 0 Å². The Morgan fingerprint density at radius 2 is 1.83 bits per heavy atom. The lowest BCUT2D eigenvalue weighted by Crippen LogP contribution is -2.25. The molecule has 3 nitrogen and oxygen atoms in total. The first-order valence-corrected chi connectivity index (χ1v) is 10.8. The minimum Gasteiger partial charge on any atom is -0.291 e. The van der Waals surface area contributed by atoms with Crippen LogP contribution in [0.4, 0.5) is 0 Å². The highest BCUT2D eigenvalue weighted by atomic mass is 32.2. The summed E-state index contributed by atoms with van der Waals surface area (Å²) in [5.41, 5.74) is 1.38. The molecule has 2 heterocycles. The maximum atomic E-state index is 4.34. The van der Waals surface area contributed by atoms with Gasteiger partial charge in [0.05, 0.1) is 6.54 Å². The van der Waals surface area contributed by atoms with E-state index in [1.165, 1.54) is 15.3 Å². The van der Waals surface area contributed by atoms with Gasteiger partial charge in [0.1, 0.15) is 5.01 Å². The number of thiophene rings is 1. The molecule has 2 aromatic heterocycles. The summed E-state index contributed by atoms with van der Waals surface area (Å²) in [4.78, 5) is 5.26. The molecule has 0 aliphatic rings. The Morgan fingerprint density at radius 3 is 2.50 bits per heavy atom. The van der Waals surface area contributed by atoms with Crippen LogP contribution in [0.15, 0.2) is 46.8 Å². The fourth-order valence-electron chi connectivity index (χ4n) is 2.51. The number of aromatic nitrogens is 2. The van der Waals surface area contributed by atoms with Crippen molar-refractivity contribution in [2.75, 3.05) is 12.8 Å². The van der Waals surface area contributed by atoms with Gasteiger partial charge < -0.3 is 0 Å². The van der Waals surface area contributed by atoms with E-state index in [0.29, 0.717) is 0 Å². The van der Waals surface area contributed by atoms with Crippen LogP contribution in [-0.4, -0.2) is 27.9 Å². The summed E-state index contributed by atoms with van der Waals surface area (Å²) in [6.45, 7) is 5.02. The third-order valence-electron chi connectivity index (χ3n) is 3.72. The standard InChI is InChI=1S/C18H21N3S3/c1-14-8-9-16(23-14)12-21(11-10-15-6-4-3-5-7-15)13-17-19-20-18(22-2)24-17/h3-9H,10-13H2,1-2H3. The summed E-state index contributed by atoms with van der Waals surface area (Å²) in [6, 6.07) is 15.1. The SMILES string of the molecule is CSc1nnc(CN(CCc2ccccc2)Cc2ccc(C)s2)s1. The average Bonchev–Trinajstić information content (AvgIpc) is 3.22. The normalized spacial score (nSPS) is 11.3. The molecule has 126 valence electrons. The Kier molecular flexibility index (Phi) is 6.43. The summed E-state index contributed by atoms with van der Waals surface area (Å²) >= 11 is 5.24. The molecular formula is C18H21N3S3. The molecule has 0 saturated heterocycles. The average molecular weight is 376 g/mol. The van der Waals surface area contributed by atoms with Gasteiger partial charge in [0.25, 0.3) is 0 Å². The Hall–Kier alpha value is -1.21. The fraction of sp³-hybridized carbons (Fsp3) is 0.333. The van der Waals surface area contributed by atoms with Crippen LogP contribution < -0.4 is 0 Å². The van der Waals surface area contributed by atoms with Gasteiger partial charge in [-0.3, -0.25) is 4.90 Å². The first-order chi connectivity index (χ1) is 11.7. The number of thioether (sulfide) groups is 1. The van der Waals surface area contributed by atoms with Crippen molar-refractivity contribution < 1.29 is 0 Å². The van der Waals surface area contributed by atoms with Crippen molar-refractivity contribution in [1.82, 2.24) is 15.1 Å². The monoisotopic (exact) mass is 375 g/mol. The molecule has 3 aromatic rings. The first-order valence-electron chi connectivity index (χ1n) is 7.91. The van der Waals surface area contributed by atoms with E-state index in [1.807, 2.05) is 17.6 Å². The van der Waals surface area contributed by atoms with Crippen molar-refractivity contribution in [3.05, 3.63) is 62.8 Å². The number of hydrogen-bond acceptors (Lipinski definition) is 6. The highest BCUT2D eigenvalue weighted by molar-refractivity contribution is 8.00. The summed E-state index contributed by atoms with van der Waals surface area (Å²) in [5, 5.41) is 9.66. The molecule has 1 aromatic carbocycles. The van der Waals surface area contributed by atoms with Crippen LogP contribution in [0.3, 0.4) is 0 Å². The maximum Gasteiger partial charge on any atom is 0.174 e. The topological polar surface area (TPSA) is 29.0 Å². The molecule has 0 bridgehead atoms. The Labute approximate surface area is 155 Å². The van der Waals surface area contributed by atoms with Crippen LogP contribution in [-0.2, 0) is 19.5 Å². The number of hydrogen-bond donors (Lipinski definition) is 0. The quantitative estimate of drug-likeness (QED) is 0.525. The van der Waals surface area contributed by atoms with Gasteiger partial charge in [-0.1, -0.05) is 53.4 Å². The van der Waals surface area contributed by atoms with Crippen molar-refractivity contribution in [3.63, 3.8) is 0 Å². The molecule has 0 fully saturated rings. The summed E-state index contributed by atoms with van der Waals surface area (Å²) in [5.74, 6) is 0. The van der Waals surface area contributed by atoms with Crippen LogP contribution in [0.1, 0.15) is 20.3 Å². The van der Waals surface area contributed by atoms with Crippen molar-refractivity contribution in [3.8, 4) is 0 Å². The van der Waals surface area contributed by atoms with Gasteiger partial charge in [-0.25, -0.2) is 0 Å². The molecule has 0 saturated carbocycles. The minimum absolute atomic E-state index is 0.863. The lowest BCUT2D eigenvalue weighted by atomic mass is 10.1. The third-order valence-corrected chi connectivity index (χ3v) is 6.59. The Morgan fingerprint density at radius 1 is 1.00 bits per heavy atom. The van der Waals surface area contributed by atoms with Gasteiger partial charge in [-0.2, -0.15) is 0 Å². The van der Waals surface area contributed by atoms with Crippen LogP contribution in [0.5, 0.6) is 0 Å². The van der Waals surface area contributed by atoms with Crippen molar-refractivity contribution in [2.24, 2.45) is 0 Å². The molecule has 0 atom stereocenters. The summed E-state index contributed by atoms with van der Waals surface area (Å²) < 4.78 is 1.04. The minimum atomic E-state index is 0.863. The molecular weight excluding hydrogens is 354 g/mol. The van der Waals surface area contributed by atoms with Gasteiger partial charge in [0.2, 0.25) is 0 Å². The van der Waals surface area contributed by atoms with E-state index in [2.05, 4.69) is 64.5 Å². The second-order valence-electron chi connectivity index (χ2n) is 5.62. The van der Waals surface area contributed by atoms with Crippen molar-refractivity contribution >= 4 is 34.4 Å². The summed E-state index contributed by atoms with van der Waals surface area (Å²) in [7, 11) is 0. The smallest absolute Gasteiger partial charge is 0.174 e. The van der Waals surface area contributed by atoms with E-state index in [-0.39, 0.29) is 0 Å². The number of aryl methyl sites for hydroxylation is 1. The molecule has 24 heavy (non-hydrogen) atoms. The first kappa shape index (κ1) is 17.6. The van der Waals surface area contributed by atoms with E-state index in [0.717, 1.165) is 35.4 Å². The zero-order valence-corrected chi connectivity index (χ0v) is 16.4. The molecule has 6 heteroatoms. The van der Waals surface area contributed by atoms with Gasteiger partial charge in [-0.05, 0) is 37.3 Å². The lowest BCUT2D eigenvalue weighted by Gasteiger charge is -2.20. The molecule has 0 spiro atoms. The predicted molar refractivity (Wildman–Crippen MR) is 105 cm³/mol. The largest absolute Gasteiger partial charge is 0.291 e. The van der Waals surface area contributed by atoms with Gasteiger partial charge in [0, 0.05) is 22.8 Å². The van der Waals surface area contributed by atoms with Crippen LogP contribution in [0.25, 0.3) is 0 Å². The number of benzene rings is 1. The number of rotatable bonds is 8. The van der Waals surface area contributed by atoms with E-state index < -0.39 is 0 Å². The van der Waals surface area contributed by atoms with Gasteiger partial charge in [-0.15, -0.1) is 21.5 Å². The van der Waals surface area contributed by atoms with E-state index in [9.17, 15) is 0 Å². The van der Waals surface area contributed by atoms with Gasteiger partial charge in [0.15, 0.2) is 4.34 Å². The van der Waals surface area contributed by atoms with Gasteiger partial charge >= 0.3 is 0 Å². The van der Waals surface area contributed by atoms with Crippen LogP contribution in [0, 0.1) is 6.92 Å².